The van der Waals surface area contributed by atoms with E-state index >= 15 is 0 Å². The Labute approximate surface area is 125 Å². The molecule has 0 heterocycles. The van der Waals surface area contributed by atoms with E-state index in [9.17, 15) is 8.42 Å². The number of nitrogens with two attached hydrogens (primary N) is 1. The van der Waals surface area contributed by atoms with Crippen LogP contribution in [0, 0.1) is 16.7 Å². The van der Waals surface area contributed by atoms with Gasteiger partial charge in [-0.15, -0.1) is 0 Å². The van der Waals surface area contributed by atoms with Crippen LogP contribution < -0.4 is 10.5 Å². The van der Waals surface area contributed by atoms with E-state index in [2.05, 4.69) is 4.72 Å². The van der Waals surface area contributed by atoms with Gasteiger partial charge in [-0.25, -0.2) is 13.1 Å². The topological polar surface area (TPSA) is 105 Å². The van der Waals surface area contributed by atoms with Crippen LogP contribution >= 0.6 is 0 Å². The van der Waals surface area contributed by atoms with Crippen molar-refractivity contribution in [3.05, 3.63) is 23.8 Å². The Bertz CT molecular complexity index is 661. The number of ether oxygens (including phenoxy) is 1. The number of benzene rings is 1. The van der Waals surface area contributed by atoms with Gasteiger partial charge in [0.05, 0.1) is 17.3 Å². The third kappa shape index (κ3) is 3.73. The number of hydrogen-bond donors (Lipinski definition) is 2. The van der Waals surface area contributed by atoms with Gasteiger partial charge in [0.2, 0.25) is 10.0 Å². The van der Waals surface area contributed by atoms with E-state index in [1.54, 1.807) is 7.11 Å². The van der Waals surface area contributed by atoms with Crippen LogP contribution in [0.2, 0.25) is 0 Å². The number of nitrogens with zero attached hydrogens (tertiary/aromatic N) is 1. The van der Waals surface area contributed by atoms with E-state index in [0.29, 0.717) is 18.7 Å². The average Bonchev–Trinajstić information content (AvgIpc) is 3.23. The summed E-state index contributed by atoms with van der Waals surface area (Å²) in [6, 6.07) is 6.11. The lowest BCUT2D eigenvalue weighted by Crippen LogP contribution is -2.31. The predicted octanol–water partition coefficient (Wildman–Crippen LogP) is 1.24. The minimum Gasteiger partial charge on any atom is -0.398 e. The number of nitriles is 1. The first-order chi connectivity index (χ1) is 9.92. The van der Waals surface area contributed by atoms with Crippen molar-refractivity contribution in [2.24, 2.45) is 5.41 Å². The molecule has 7 heteroatoms. The molecule has 3 N–H and O–H groups in total. The minimum atomic E-state index is -3.66. The van der Waals surface area contributed by atoms with Crippen LogP contribution in [0.25, 0.3) is 0 Å². The van der Waals surface area contributed by atoms with Gasteiger partial charge in [0.1, 0.15) is 4.90 Å². The summed E-state index contributed by atoms with van der Waals surface area (Å²) in [5, 5.41) is 8.77. The van der Waals surface area contributed by atoms with E-state index in [1.165, 1.54) is 18.2 Å². The molecule has 0 aliphatic heterocycles. The zero-order chi connectivity index (χ0) is 15.5. The van der Waals surface area contributed by atoms with Crippen LogP contribution in [0.4, 0.5) is 5.69 Å². The third-order valence-corrected chi connectivity index (χ3v) is 5.33. The van der Waals surface area contributed by atoms with Gasteiger partial charge in [-0.3, -0.25) is 0 Å². The molecule has 1 fully saturated rings. The molecule has 0 spiro atoms. The van der Waals surface area contributed by atoms with E-state index in [1.807, 2.05) is 6.07 Å². The van der Waals surface area contributed by atoms with Gasteiger partial charge in [-0.05, 0) is 42.9 Å². The molecule has 0 aromatic heterocycles. The highest BCUT2D eigenvalue weighted by molar-refractivity contribution is 7.89. The maximum absolute atomic E-state index is 12.3. The van der Waals surface area contributed by atoms with Crippen molar-refractivity contribution in [1.82, 2.24) is 4.72 Å². The fraction of sp³-hybridized carbons (Fsp3) is 0.500. The number of nitrogen functional groups attached to an aromatic ring is 1. The second-order valence-corrected chi connectivity index (χ2v) is 7.17. The molecule has 2 rings (SSSR count). The molecule has 1 aromatic carbocycles. The molecule has 0 amide bonds. The Kier molecular flexibility index (Phi) is 4.52. The van der Waals surface area contributed by atoms with Crippen molar-refractivity contribution < 1.29 is 13.2 Å². The van der Waals surface area contributed by atoms with Crippen molar-refractivity contribution in [3.63, 3.8) is 0 Å². The zero-order valence-electron chi connectivity index (χ0n) is 11.9. The molecule has 21 heavy (non-hydrogen) atoms. The summed E-state index contributed by atoms with van der Waals surface area (Å²) in [5.74, 6) is 0. The quantitative estimate of drug-likeness (QED) is 0.737. The van der Waals surface area contributed by atoms with E-state index in [4.69, 9.17) is 15.7 Å². The van der Waals surface area contributed by atoms with Gasteiger partial charge in [-0.1, -0.05) is 0 Å². The van der Waals surface area contributed by atoms with Gasteiger partial charge in [0.25, 0.3) is 0 Å². The van der Waals surface area contributed by atoms with Gasteiger partial charge in [-0.2, -0.15) is 5.26 Å². The summed E-state index contributed by atoms with van der Waals surface area (Å²) in [6.07, 6.45) is 2.85. The Morgan fingerprint density at radius 1 is 1.48 bits per heavy atom. The molecule has 0 radical (unpaired) electrons. The zero-order valence-corrected chi connectivity index (χ0v) is 12.7. The van der Waals surface area contributed by atoms with Crippen molar-refractivity contribution in [3.8, 4) is 6.07 Å². The second-order valence-electron chi connectivity index (χ2n) is 5.43. The molecule has 1 aliphatic rings. The summed E-state index contributed by atoms with van der Waals surface area (Å²) in [4.78, 5) is 0.0176. The van der Waals surface area contributed by atoms with Gasteiger partial charge in [0.15, 0.2) is 0 Å². The first-order valence-corrected chi connectivity index (χ1v) is 8.19. The maximum atomic E-state index is 12.3. The standard InChI is InChI=1S/C14H19N3O3S/c1-20-7-6-14(4-5-14)10-17-21(18,19)13-3-2-11(9-15)8-12(13)16/h2-3,8,17H,4-7,10,16H2,1H3. The molecule has 0 atom stereocenters. The van der Waals surface area contributed by atoms with Crippen LogP contribution in [-0.4, -0.2) is 28.7 Å². The normalized spacial score (nSPS) is 16.4. The molecular weight excluding hydrogens is 290 g/mol. The first-order valence-electron chi connectivity index (χ1n) is 6.71. The van der Waals surface area contributed by atoms with Crippen LogP contribution in [-0.2, 0) is 14.8 Å². The number of sulfonamides is 1. The molecule has 114 valence electrons. The fourth-order valence-corrected chi connectivity index (χ4v) is 3.47. The van der Waals surface area contributed by atoms with Crippen LogP contribution in [0.5, 0.6) is 0 Å². The summed E-state index contributed by atoms with van der Waals surface area (Å²) >= 11 is 0. The van der Waals surface area contributed by atoms with Gasteiger partial charge < -0.3 is 10.5 Å². The molecule has 1 aromatic rings. The van der Waals surface area contributed by atoms with Gasteiger partial charge in [0, 0.05) is 20.3 Å². The lowest BCUT2D eigenvalue weighted by Gasteiger charge is -2.16. The lowest BCUT2D eigenvalue weighted by atomic mass is 10.0. The van der Waals surface area contributed by atoms with E-state index < -0.39 is 10.0 Å². The Hall–Kier alpha value is -1.62. The molecule has 1 saturated carbocycles. The molecule has 1 aliphatic carbocycles. The second kappa shape index (κ2) is 6.02. The highest BCUT2D eigenvalue weighted by Gasteiger charge is 2.42. The fourth-order valence-electron chi connectivity index (χ4n) is 2.20. The smallest absolute Gasteiger partial charge is 0.242 e. The van der Waals surface area contributed by atoms with Crippen molar-refractivity contribution >= 4 is 15.7 Å². The number of nitrogens with one attached hydrogen (secondary N) is 1. The summed E-state index contributed by atoms with van der Waals surface area (Å²) in [7, 11) is -2.02. The molecule has 0 saturated heterocycles. The molecular formula is C14H19N3O3S. The average molecular weight is 309 g/mol. The lowest BCUT2D eigenvalue weighted by molar-refractivity contribution is 0.173. The Morgan fingerprint density at radius 2 is 2.19 bits per heavy atom. The largest absolute Gasteiger partial charge is 0.398 e. The highest BCUT2D eigenvalue weighted by atomic mass is 32.2. The summed E-state index contributed by atoms with van der Waals surface area (Å²) in [6.45, 7) is 1.01. The SMILES string of the molecule is COCCC1(CNS(=O)(=O)c2ccc(C#N)cc2N)CC1. The number of hydrogen-bond acceptors (Lipinski definition) is 5. The third-order valence-electron chi connectivity index (χ3n) is 3.86. The number of anilines is 1. The number of rotatable bonds is 7. The van der Waals surface area contributed by atoms with E-state index in [0.717, 1.165) is 19.3 Å². The monoisotopic (exact) mass is 309 g/mol. The van der Waals surface area contributed by atoms with Crippen molar-refractivity contribution in [1.29, 1.82) is 5.26 Å². The summed E-state index contributed by atoms with van der Waals surface area (Å²) in [5.41, 5.74) is 6.17. The maximum Gasteiger partial charge on any atom is 0.242 e. The van der Waals surface area contributed by atoms with E-state index in [-0.39, 0.29) is 16.0 Å². The molecule has 6 nitrogen and oxygen atoms in total. The molecule has 0 bridgehead atoms. The highest BCUT2D eigenvalue weighted by Crippen LogP contribution is 2.48. The number of methoxy groups -OCH3 is 1. The Morgan fingerprint density at radius 3 is 2.71 bits per heavy atom. The van der Waals surface area contributed by atoms with Crippen molar-refractivity contribution in [2.45, 2.75) is 24.2 Å². The van der Waals surface area contributed by atoms with Gasteiger partial charge >= 0.3 is 0 Å². The van der Waals surface area contributed by atoms with Crippen LogP contribution in [0.1, 0.15) is 24.8 Å². The van der Waals surface area contributed by atoms with Crippen LogP contribution in [0.15, 0.2) is 23.1 Å². The first kappa shape index (κ1) is 15.8. The molecule has 0 unspecified atom stereocenters. The van der Waals surface area contributed by atoms with Crippen molar-refractivity contribution in [2.75, 3.05) is 26.0 Å². The minimum absolute atomic E-state index is 0.0176. The summed E-state index contributed by atoms with van der Waals surface area (Å²) < 4.78 is 32.3. The predicted molar refractivity (Wildman–Crippen MR) is 78.9 cm³/mol. The Balaban J connectivity index is 2.07. The van der Waals surface area contributed by atoms with Crippen LogP contribution in [0.3, 0.4) is 0 Å².